The maximum absolute atomic E-state index is 16.5. The summed E-state index contributed by atoms with van der Waals surface area (Å²) in [4.78, 5) is 19.2. The molecule has 8 heteroatoms. The zero-order valence-electron chi connectivity index (χ0n) is 20.2. The van der Waals surface area contributed by atoms with E-state index < -0.39 is 5.82 Å². The standard InChI is InChI=1S/C27H29FN4O3/c1-15(2)32-25-19(26(34)23-18-5-4-16(14-29)12-20(18)30-27(23)32)13-21(35-3)22(24(25)28)17-6-8-31(9-7-17)10-11-33/h4-5,12-13,15,17,30,33H,6-11H2,1-3H3. The highest BCUT2D eigenvalue weighted by Gasteiger charge is 2.30. The second-order valence-corrected chi connectivity index (χ2v) is 9.56. The molecule has 1 aliphatic heterocycles. The van der Waals surface area contributed by atoms with Gasteiger partial charge in [-0.3, -0.25) is 4.79 Å². The molecule has 2 N–H and O–H groups in total. The van der Waals surface area contributed by atoms with Gasteiger partial charge in [0.25, 0.3) is 0 Å². The number of aromatic amines is 1. The molecule has 1 fully saturated rings. The molecular weight excluding hydrogens is 447 g/mol. The number of aromatic nitrogens is 2. The van der Waals surface area contributed by atoms with Gasteiger partial charge in [0.15, 0.2) is 11.2 Å². The smallest absolute Gasteiger partial charge is 0.199 e. The summed E-state index contributed by atoms with van der Waals surface area (Å²) >= 11 is 0. The Morgan fingerprint density at radius 2 is 2.00 bits per heavy atom. The molecule has 0 bridgehead atoms. The summed E-state index contributed by atoms with van der Waals surface area (Å²) in [5.74, 6) is -0.0606. The number of benzene rings is 2. The normalized spacial score (nSPS) is 15.5. The van der Waals surface area contributed by atoms with Crippen molar-refractivity contribution in [1.82, 2.24) is 14.5 Å². The number of nitriles is 1. The van der Waals surface area contributed by atoms with Crippen LogP contribution in [0.15, 0.2) is 29.1 Å². The molecule has 1 saturated heterocycles. The lowest BCUT2D eigenvalue weighted by atomic mass is 9.87. The number of rotatable bonds is 5. The third-order valence-corrected chi connectivity index (χ3v) is 7.25. The van der Waals surface area contributed by atoms with Gasteiger partial charge in [0, 0.05) is 29.1 Å². The molecule has 4 aromatic rings. The number of aliphatic hydroxyl groups is 1. The number of hydrogen-bond donors (Lipinski definition) is 2. The second-order valence-electron chi connectivity index (χ2n) is 9.56. The Bertz CT molecular complexity index is 1540. The molecule has 0 amide bonds. The number of nitrogens with one attached hydrogen (secondary N) is 1. The zero-order valence-corrected chi connectivity index (χ0v) is 20.2. The van der Waals surface area contributed by atoms with Crippen molar-refractivity contribution >= 4 is 32.8 Å². The predicted molar refractivity (Wildman–Crippen MR) is 135 cm³/mol. The van der Waals surface area contributed by atoms with Gasteiger partial charge in [-0.25, -0.2) is 4.39 Å². The molecule has 5 rings (SSSR count). The molecule has 35 heavy (non-hydrogen) atoms. The Hall–Kier alpha value is -3.41. The summed E-state index contributed by atoms with van der Waals surface area (Å²) in [5, 5.41) is 20.0. The highest BCUT2D eigenvalue weighted by Crippen LogP contribution is 2.41. The first-order chi connectivity index (χ1) is 16.9. The monoisotopic (exact) mass is 476 g/mol. The lowest BCUT2D eigenvalue weighted by molar-refractivity contribution is 0.163. The predicted octanol–water partition coefficient (Wildman–Crippen LogP) is 4.41. The van der Waals surface area contributed by atoms with E-state index in [2.05, 4.69) is 16.0 Å². The third-order valence-electron chi connectivity index (χ3n) is 7.25. The number of pyridine rings is 1. The summed E-state index contributed by atoms with van der Waals surface area (Å²) in [7, 11) is 1.51. The maximum atomic E-state index is 16.5. The van der Waals surface area contributed by atoms with Gasteiger partial charge in [-0.15, -0.1) is 0 Å². The van der Waals surface area contributed by atoms with Crippen molar-refractivity contribution in [3.63, 3.8) is 0 Å². The highest BCUT2D eigenvalue weighted by molar-refractivity contribution is 6.10. The van der Waals surface area contributed by atoms with Gasteiger partial charge in [-0.1, -0.05) is 6.07 Å². The summed E-state index contributed by atoms with van der Waals surface area (Å²) in [5.41, 5.74) is 2.24. The van der Waals surface area contributed by atoms with E-state index in [1.165, 1.54) is 7.11 Å². The minimum atomic E-state index is -0.413. The Morgan fingerprint density at radius 3 is 2.63 bits per heavy atom. The fraction of sp³-hybridized carbons (Fsp3) is 0.407. The minimum absolute atomic E-state index is 0.0448. The van der Waals surface area contributed by atoms with Gasteiger partial charge in [0.05, 0.1) is 41.6 Å². The Kier molecular flexibility index (Phi) is 5.99. The average molecular weight is 477 g/mol. The Balaban J connectivity index is 1.81. The molecule has 0 radical (unpaired) electrons. The van der Waals surface area contributed by atoms with E-state index in [4.69, 9.17) is 4.74 Å². The van der Waals surface area contributed by atoms with E-state index in [1.54, 1.807) is 24.3 Å². The average Bonchev–Trinajstić information content (AvgIpc) is 3.23. The first-order valence-electron chi connectivity index (χ1n) is 12.0. The zero-order chi connectivity index (χ0) is 24.9. The van der Waals surface area contributed by atoms with E-state index in [1.807, 2.05) is 18.4 Å². The van der Waals surface area contributed by atoms with Gasteiger partial charge in [0.1, 0.15) is 11.4 Å². The van der Waals surface area contributed by atoms with Crippen LogP contribution in [-0.4, -0.2) is 52.9 Å². The van der Waals surface area contributed by atoms with Crippen molar-refractivity contribution in [2.75, 3.05) is 33.4 Å². The van der Waals surface area contributed by atoms with Crippen LogP contribution < -0.4 is 10.2 Å². The quantitative estimate of drug-likeness (QED) is 0.445. The van der Waals surface area contributed by atoms with Gasteiger partial charge >= 0.3 is 0 Å². The number of hydrogen-bond acceptors (Lipinski definition) is 5. The number of fused-ring (bicyclic) bond motifs is 4. The van der Waals surface area contributed by atoms with Crippen LogP contribution in [0.5, 0.6) is 5.75 Å². The summed E-state index contributed by atoms with van der Waals surface area (Å²) in [6.07, 6.45) is 1.49. The van der Waals surface area contributed by atoms with Gasteiger partial charge in [-0.2, -0.15) is 5.26 Å². The van der Waals surface area contributed by atoms with Crippen LogP contribution in [0, 0.1) is 17.1 Å². The SMILES string of the molecule is COc1cc2c(=O)c3c4ccc(C#N)cc4[nH]c3n(C(C)C)c2c(F)c1C1CCN(CCO)CC1. The van der Waals surface area contributed by atoms with Crippen molar-refractivity contribution in [3.8, 4) is 11.8 Å². The van der Waals surface area contributed by atoms with E-state index in [9.17, 15) is 15.2 Å². The molecule has 2 aromatic heterocycles. The van der Waals surface area contributed by atoms with Crippen LogP contribution in [0.2, 0.25) is 0 Å². The Labute approximate surface area is 202 Å². The summed E-state index contributed by atoms with van der Waals surface area (Å²) in [6.45, 7) is 6.19. The first-order valence-corrected chi connectivity index (χ1v) is 12.0. The highest BCUT2D eigenvalue weighted by atomic mass is 19.1. The van der Waals surface area contributed by atoms with E-state index >= 15 is 4.39 Å². The summed E-state index contributed by atoms with van der Waals surface area (Å²) < 4.78 is 24.0. The number of aliphatic hydroxyl groups excluding tert-OH is 1. The summed E-state index contributed by atoms with van der Waals surface area (Å²) in [6, 6.07) is 8.86. The van der Waals surface area contributed by atoms with Crippen LogP contribution in [-0.2, 0) is 0 Å². The van der Waals surface area contributed by atoms with Crippen LogP contribution >= 0.6 is 0 Å². The molecule has 0 saturated carbocycles. The number of halogens is 1. The van der Waals surface area contributed by atoms with Crippen molar-refractivity contribution in [3.05, 3.63) is 51.4 Å². The van der Waals surface area contributed by atoms with E-state index in [0.29, 0.717) is 45.4 Å². The van der Waals surface area contributed by atoms with Gasteiger partial charge in [0.2, 0.25) is 0 Å². The van der Waals surface area contributed by atoms with Crippen LogP contribution in [0.25, 0.3) is 32.8 Å². The molecular formula is C27H29FN4O3. The number of nitrogens with zero attached hydrogens (tertiary/aromatic N) is 3. The van der Waals surface area contributed by atoms with E-state index in [0.717, 1.165) is 25.9 Å². The first kappa shape index (κ1) is 23.3. The molecule has 2 aromatic carbocycles. The maximum Gasteiger partial charge on any atom is 0.199 e. The van der Waals surface area contributed by atoms with Crippen LogP contribution in [0.3, 0.4) is 0 Å². The fourth-order valence-corrected chi connectivity index (χ4v) is 5.60. The number of methoxy groups -OCH3 is 1. The molecule has 0 aliphatic carbocycles. The lowest BCUT2D eigenvalue weighted by Gasteiger charge is -2.32. The largest absolute Gasteiger partial charge is 0.496 e. The number of piperidine rings is 1. The van der Waals surface area contributed by atoms with Crippen LogP contribution in [0.1, 0.15) is 49.8 Å². The Morgan fingerprint density at radius 1 is 1.26 bits per heavy atom. The lowest BCUT2D eigenvalue weighted by Crippen LogP contribution is -2.35. The van der Waals surface area contributed by atoms with Crippen LogP contribution in [0.4, 0.5) is 4.39 Å². The van der Waals surface area contributed by atoms with Crippen molar-refractivity contribution in [2.45, 2.75) is 38.6 Å². The van der Waals surface area contributed by atoms with Crippen molar-refractivity contribution in [1.29, 1.82) is 5.26 Å². The van der Waals surface area contributed by atoms with Crippen molar-refractivity contribution in [2.24, 2.45) is 0 Å². The number of H-pyrrole nitrogens is 1. The van der Waals surface area contributed by atoms with E-state index in [-0.39, 0.29) is 34.9 Å². The van der Waals surface area contributed by atoms with Gasteiger partial charge in [-0.05, 0) is 63.9 Å². The molecule has 0 unspecified atom stereocenters. The molecule has 7 nitrogen and oxygen atoms in total. The molecule has 0 spiro atoms. The second kappa shape index (κ2) is 8.99. The minimum Gasteiger partial charge on any atom is -0.496 e. The molecule has 0 atom stereocenters. The molecule has 3 heterocycles. The fourth-order valence-electron chi connectivity index (χ4n) is 5.60. The topological polar surface area (TPSA) is 94.3 Å². The number of likely N-dealkylation sites (tertiary alicyclic amines) is 1. The number of β-amino-alcohol motifs (C(OH)–C–C–N with tert-alkyl or cyclic N) is 1. The van der Waals surface area contributed by atoms with Crippen molar-refractivity contribution < 1.29 is 14.2 Å². The van der Waals surface area contributed by atoms with Gasteiger partial charge < -0.3 is 24.3 Å². The third kappa shape index (κ3) is 3.67. The number of ether oxygens (including phenoxy) is 1. The molecule has 1 aliphatic rings. The molecule has 182 valence electrons.